The molecule has 2 amide bonds. The van der Waals surface area contributed by atoms with Crippen LogP contribution >= 0.6 is 11.3 Å². The molecule has 2 N–H and O–H groups in total. The van der Waals surface area contributed by atoms with Gasteiger partial charge in [0.1, 0.15) is 11.5 Å². The topological polar surface area (TPSA) is 82.5 Å². The number of carboxylic acid groups (broad SMARTS) is 1. The summed E-state index contributed by atoms with van der Waals surface area (Å²) < 4.78 is 13.5. The number of benzene rings is 1. The Morgan fingerprint density at radius 1 is 1.50 bits per heavy atom. The predicted molar refractivity (Wildman–Crippen MR) is 87.7 cm³/mol. The summed E-state index contributed by atoms with van der Waals surface area (Å²) in [6.45, 7) is 2.55. The number of carbonyl (C=O) groups excluding carboxylic acids is 1. The van der Waals surface area contributed by atoms with Crippen LogP contribution in [-0.2, 0) is 0 Å². The summed E-state index contributed by atoms with van der Waals surface area (Å²) in [6, 6.07) is 5.89. The summed E-state index contributed by atoms with van der Waals surface area (Å²) in [5.41, 5.74) is 0.910. The first-order valence-corrected chi connectivity index (χ1v) is 8.28. The molecule has 3 rings (SSSR count). The number of aromatic nitrogens is 1. The third-order valence-corrected chi connectivity index (χ3v) is 4.94. The molecule has 1 saturated heterocycles. The Morgan fingerprint density at radius 2 is 2.29 bits per heavy atom. The van der Waals surface area contributed by atoms with E-state index in [0.717, 1.165) is 11.4 Å². The Kier molecular flexibility index (Phi) is 4.48. The number of rotatable bonds is 4. The van der Waals surface area contributed by atoms with Crippen molar-refractivity contribution in [1.29, 1.82) is 0 Å². The predicted octanol–water partition coefficient (Wildman–Crippen LogP) is 2.74. The highest BCUT2D eigenvalue weighted by Gasteiger charge is 2.35. The van der Waals surface area contributed by atoms with Crippen LogP contribution in [0.1, 0.15) is 21.9 Å². The van der Waals surface area contributed by atoms with E-state index in [0.29, 0.717) is 22.7 Å². The number of nitrogens with one attached hydrogen (secondary N) is 1. The van der Waals surface area contributed by atoms with Gasteiger partial charge in [-0.25, -0.2) is 14.2 Å². The quantitative estimate of drug-likeness (QED) is 0.889. The molecule has 1 unspecified atom stereocenters. The minimum atomic E-state index is -1.11. The number of likely N-dealkylation sites (tertiary alicyclic amines) is 1. The Balaban J connectivity index is 1.84. The van der Waals surface area contributed by atoms with Crippen LogP contribution in [0.25, 0.3) is 10.4 Å². The highest BCUT2D eigenvalue weighted by Crippen LogP contribution is 2.33. The summed E-state index contributed by atoms with van der Waals surface area (Å²) in [5.74, 6) is -0.619. The summed E-state index contributed by atoms with van der Waals surface area (Å²) in [5, 5.41) is 11.7. The fourth-order valence-electron chi connectivity index (χ4n) is 2.66. The van der Waals surface area contributed by atoms with Gasteiger partial charge in [0.05, 0.1) is 15.9 Å². The van der Waals surface area contributed by atoms with E-state index in [1.165, 1.54) is 23.5 Å². The number of nitrogens with zero attached hydrogens (tertiary/aromatic N) is 2. The van der Waals surface area contributed by atoms with Crippen molar-refractivity contribution in [3.8, 4) is 10.4 Å². The first-order valence-electron chi connectivity index (χ1n) is 7.47. The van der Waals surface area contributed by atoms with Crippen molar-refractivity contribution in [2.45, 2.75) is 19.4 Å². The molecular weight excluding hydrogens is 333 g/mol. The second kappa shape index (κ2) is 6.56. The van der Waals surface area contributed by atoms with Gasteiger partial charge in [-0.1, -0.05) is 12.1 Å². The molecule has 126 valence electrons. The molecule has 1 atom stereocenters. The Hall–Kier alpha value is -2.48. The van der Waals surface area contributed by atoms with Crippen LogP contribution in [0.2, 0.25) is 0 Å². The molecule has 0 radical (unpaired) electrons. The third kappa shape index (κ3) is 3.23. The molecule has 0 aliphatic carbocycles. The largest absolute Gasteiger partial charge is 0.465 e. The van der Waals surface area contributed by atoms with Gasteiger partial charge in [-0.05, 0) is 31.0 Å². The Bertz CT molecular complexity index is 793. The molecule has 1 aliphatic rings. The van der Waals surface area contributed by atoms with Gasteiger partial charge in [-0.15, -0.1) is 11.3 Å². The lowest BCUT2D eigenvalue weighted by Gasteiger charge is -2.40. The second-order valence-corrected chi connectivity index (χ2v) is 6.75. The average Bonchev–Trinajstić information content (AvgIpc) is 2.88. The maximum atomic E-state index is 13.5. The van der Waals surface area contributed by atoms with Gasteiger partial charge in [-0.3, -0.25) is 4.79 Å². The molecule has 2 aromatic rings. The van der Waals surface area contributed by atoms with Crippen molar-refractivity contribution in [2.75, 3.05) is 13.1 Å². The molecule has 6 nitrogen and oxygen atoms in total. The highest BCUT2D eigenvalue weighted by molar-refractivity contribution is 7.15. The molecule has 1 fully saturated rings. The fourth-order valence-corrected chi connectivity index (χ4v) is 3.57. The van der Waals surface area contributed by atoms with Crippen LogP contribution in [0.5, 0.6) is 0 Å². The van der Waals surface area contributed by atoms with Gasteiger partial charge in [0.15, 0.2) is 0 Å². The zero-order valence-electron chi connectivity index (χ0n) is 13.0. The van der Waals surface area contributed by atoms with Crippen LogP contribution < -0.4 is 5.32 Å². The minimum Gasteiger partial charge on any atom is -0.465 e. The number of thiazole rings is 1. The zero-order valence-corrected chi connectivity index (χ0v) is 13.8. The molecule has 0 bridgehead atoms. The molecule has 1 aromatic heterocycles. The Morgan fingerprint density at radius 3 is 2.92 bits per heavy atom. The summed E-state index contributed by atoms with van der Waals surface area (Å²) >= 11 is 1.34. The molecule has 0 saturated carbocycles. The van der Waals surface area contributed by atoms with Crippen LogP contribution in [0.3, 0.4) is 0 Å². The number of hydrogen-bond acceptors (Lipinski definition) is 4. The molecule has 1 aromatic carbocycles. The monoisotopic (exact) mass is 349 g/mol. The van der Waals surface area contributed by atoms with Gasteiger partial charge in [0, 0.05) is 13.1 Å². The van der Waals surface area contributed by atoms with Gasteiger partial charge in [-0.2, -0.15) is 0 Å². The van der Waals surface area contributed by atoms with E-state index in [4.69, 9.17) is 5.11 Å². The minimum absolute atomic E-state index is 0.170. The lowest BCUT2D eigenvalue weighted by atomic mass is 10.0. The van der Waals surface area contributed by atoms with E-state index < -0.39 is 6.09 Å². The van der Waals surface area contributed by atoms with Crippen molar-refractivity contribution in [2.24, 2.45) is 0 Å². The number of hydrogen-bond donors (Lipinski definition) is 2. The molecule has 2 heterocycles. The fraction of sp³-hybridized carbons (Fsp3) is 0.312. The van der Waals surface area contributed by atoms with Crippen molar-refractivity contribution in [1.82, 2.24) is 15.2 Å². The number of aryl methyl sites for hydroxylation is 1. The lowest BCUT2D eigenvalue weighted by molar-refractivity contribution is 0.0458. The second-order valence-electron chi connectivity index (χ2n) is 5.55. The number of halogens is 1. The highest BCUT2D eigenvalue weighted by atomic mass is 32.1. The Labute approximate surface area is 141 Å². The van der Waals surface area contributed by atoms with Crippen LogP contribution in [0.4, 0.5) is 9.18 Å². The first-order chi connectivity index (χ1) is 11.5. The standard InChI is InChI=1S/C16H16FN3O3S/c1-9-19-13(14(24-9)10-3-2-4-11(17)7-10)15(21)20-6-5-12(20)8-18-16(22)23/h2-4,7,12,18H,5-6,8H2,1H3,(H,22,23). The lowest BCUT2D eigenvalue weighted by Crippen LogP contribution is -2.56. The van der Waals surface area contributed by atoms with Crippen molar-refractivity contribution in [3.05, 3.63) is 40.8 Å². The van der Waals surface area contributed by atoms with Crippen LogP contribution in [0.15, 0.2) is 24.3 Å². The molecular formula is C16H16FN3O3S. The molecule has 8 heteroatoms. The number of amides is 2. The van der Waals surface area contributed by atoms with Gasteiger partial charge >= 0.3 is 6.09 Å². The molecule has 1 aliphatic heterocycles. The van der Waals surface area contributed by atoms with E-state index in [1.807, 2.05) is 0 Å². The normalized spacial score (nSPS) is 16.6. The summed E-state index contributed by atoms with van der Waals surface area (Å²) in [7, 11) is 0. The SMILES string of the molecule is Cc1nc(C(=O)N2CCC2CNC(=O)O)c(-c2cccc(F)c2)s1. The van der Waals surface area contributed by atoms with Crippen molar-refractivity contribution < 1.29 is 19.1 Å². The van der Waals surface area contributed by atoms with E-state index in [1.54, 1.807) is 24.0 Å². The van der Waals surface area contributed by atoms with Crippen molar-refractivity contribution in [3.63, 3.8) is 0 Å². The maximum absolute atomic E-state index is 13.5. The third-order valence-electron chi connectivity index (χ3n) is 3.92. The number of carbonyl (C=O) groups is 2. The smallest absolute Gasteiger partial charge is 0.404 e. The van der Waals surface area contributed by atoms with E-state index in [2.05, 4.69) is 10.3 Å². The van der Waals surface area contributed by atoms with Crippen LogP contribution in [0, 0.1) is 12.7 Å². The summed E-state index contributed by atoms with van der Waals surface area (Å²) in [6.07, 6.45) is -0.371. The van der Waals surface area contributed by atoms with Gasteiger partial charge in [0.25, 0.3) is 5.91 Å². The van der Waals surface area contributed by atoms with Gasteiger partial charge in [0.2, 0.25) is 0 Å². The van der Waals surface area contributed by atoms with Gasteiger partial charge < -0.3 is 15.3 Å². The van der Waals surface area contributed by atoms with Crippen LogP contribution in [-0.4, -0.2) is 46.1 Å². The first kappa shape index (κ1) is 16.4. The maximum Gasteiger partial charge on any atom is 0.404 e. The average molecular weight is 349 g/mol. The van der Waals surface area contributed by atoms with E-state index in [9.17, 15) is 14.0 Å². The zero-order chi connectivity index (χ0) is 17.3. The van der Waals surface area contributed by atoms with Crippen molar-refractivity contribution >= 4 is 23.3 Å². The molecule has 24 heavy (non-hydrogen) atoms. The van der Waals surface area contributed by atoms with E-state index >= 15 is 0 Å². The molecule has 0 spiro atoms. The van der Waals surface area contributed by atoms with E-state index in [-0.39, 0.29) is 24.3 Å². The summed E-state index contributed by atoms with van der Waals surface area (Å²) in [4.78, 5) is 29.9.